The Bertz CT molecular complexity index is 749. The Labute approximate surface area is 152 Å². The third-order valence-electron chi connectivity index (χ3n) is 5.11. The number of allylic oxidation sites excluding steroid dienone is 3. The number of hydrogen-bond donors (Lipinski definition) is 0. The lowest BCUT2D eigenvalue weighted by Gasteiger charge is -2.27. The molecule has 1 aromatic rings. The van der Waals surface area contributed by atoms with Crippen molar-refractivity contribution in [3.05, 3.63) is 41.5 Å². The number of ether oxygens (including phenoxy) is 3. The van der Waals surface area contributed by atoms with E-state index in [2.05, 4.69) is 9.97 Å². The van der Waals surface area contributed by atoms with Gasteiger partial charge in [0.2, 0.25) is 0 Å². The number of nitrogens with zero attached hydrogens (tertiary/aromatic N) is 2. The van der Waals surface area contributed by atoms with Crippen LogP contribution in [0.2, 0.25) is 0 Å². The average Bonchev–Trinajstić information content (AvgIpc) is 3.35. The average molecular weight is 362 g/mol. The van der Waals surface area contributed by atoms with E-state index in [1.54, 1.807) is 12.3 Å². The Morgan fingerprint density at radius 3 is 2.81 bits per heavy atom. The Morgan fingerprint density at radius 2 is 2.19 bits per heavy atom. The molecule has 0 aliphatic heterocycles. The molecule has 1 unspecified atom stereocenters. The van der Waals surface area contributed by atoms with E-state index in [-0.39, 0.29) is 36.6 Å². The van der Waals surface area contributed by atoms with Crippen molar-refractivity contribution in [1.29, 1.82) is 0 Å². The van der Waals surface area contributed by atoms with Gasteiger partial charge in [0.05, 0.1) is 18.5 Å². The molecule has 2 aliphatic rings. The molecule has 0 N–H and O–H groups in total. The second-order valence-corrected chi connectivity index (χ2v) is 6.83. The van der Waals surface area contributed by atoms with Gasteiger partial charge < -0.3 is 19.0 Å². The standard InChI is InChI=1S/C19H23FN2O4/c1-12-18(8-21-13(2)22-12)25-10-19(7-15(19)9-23)14-4-5-17(16(20)6-14)26-11-24-3/h4-5,8-9,14-15H,6-7,10-11H2,1-3H3/t14?,15-,19+/m0/s1. The van der Waals surface area contributed by atoms with Gasteiger partial charge in [-0.25, -0.2) is 14.4 Å². The fourth-order valence-electron chi connectivity index (χ4n) is 3.46. The maximum Gasteiger partial charge on any atom is 0.188 e. The van der Waals surface area contributed by atoms with E-state index in [1.165, 1.54) is 7.11 Å². The predicted molar refractivity (Wildman–Crippen MR) is 91.9 cm³/mol. The van der Waals surface area contributed by atoms with E-state index in [0.717, 1.165) is 12.0 Å². The van der Waals surface area contributed by atoms with Crippen LogP contribution in [0, 0.1) is 31.1 Å². The van der Waals surface area contributed by atoms with E-state index >= 15 is 0 Å². The second-order valence-electron chi connectivity index (χ2n) is 6.83. The minimum absolute atomic E-state index is 0.00429. The van der Waals surface area contributed by atoms with Gasteiger partial charge >= 0.3 is 0 Å². The molecule has 26 heavy (non-hydrogen) atoms. The summed E-state index contributed by atoms with van der Waals surface area (Å²) in [5.41, 5.74) is 0.344. The van der Waals surface area contributed by atoms with Gasteiger partial charge in [0.25, 0.3) is 0 Å². The fraction of sp³-hybridized carbons (Fsp3) is 0.526. The molecule has 0 spiro atoms. The number of aldehydes is 1. The maximum atomic E-state index is 14.4. The highest BCUT2D eigenvalue weighted by atomic mass is 19.1. The summed E-state index contributed by atoms with van der Waals surface area (Å²) in [7, 11) is 1.48. The predicted octanol–water partition coefficient (Wildman–Crippen LogP) is 3.06. The zero-order valence-corrected chi connectivity index (χ0v) is 15.2. The van der Waals surface area contributed by atoms with E-state index < -0.39 is 5.41 Å². The molecule has 2 aliphatic carbocycles. The largest absolute Gasteiger partial charge is 0.489 e. The minimum Gasteiger partial charge on any atom is -0.489 e. The molecule has 3 rings (SSSR count). The van der Waals surface area contributed by atoms with Gasteiger partial charge in [-0.1, -0.05) is 6.08 Å². The van der Waals surface area contributed by atoms with Crippen LogP contribution in [0.3, 0.4) is 0 Å². The molecule has 1 heterocycles. The minimum atomic E-state index is -0.403. The quantitative estimate of drug-likeness (QED) is 0.523. The van der Waals surface area contributed by atoms with E-state index in [9.17, 15) is 9.18 Å². The smallest absolute Gasteiger partial charge is 0.188 e. The van der Waals surface area contributed by atoms with Gasteiger partial charge in [-0.15, -0.1) is 0 Å². The monoisotopic (exact) mass is 362 g/mol. The SMILES string of the molecule is COCOC1=C(F)CC([C@]2(COc3cnc(C)nc3C)C[C@H]2C=O)C=C1. The van der Waals surface area contributed by atoms with Gasteiger partial charge in [0, 0.05) is 24.9 Å². The molecule has 0 aromatic carbocycles. The molecule has 6 nitrogen and oxygen atoms in total. The van der Waals surface area contributed by atoms with Crippen LogP contribution < -0.4 is 4.74 Å². The number of aromatic nitrogens is 2. The summed E-state index contributed by atoms with van der Waals surface area (Å²) >= 11 is 0. The summed E-state index contributed by atoms with van der Waals surface area (Å²) in [5.74, 6) is 0.849. The van der Waals surface area contributed by atoms with Crippen LogP contribution in [0.1, 0.15) is 24.4 Å². The number of rotatable bonds is 8. The highest BCUT2D eigenvalue weighted by Gasteiger charge is 2.59. The first-order valence-corrected chi connectivity index (χ1v) is 8.57. The number of hydrogen-bond acceptors (Lipinski definition) is 6. The van der Waals surface area contributed by atoms with Crippen LogP contribution in [0.15, 0.2) is 29.9 Å². The van der Waals surface area contributed by atoms with Crippen molar-refractivity contribution < 1.29 is 23.4 Å². The van der Waals surface area contributed by atoms with Crippen LogP contribution >= 0.6 is 0 Å². The van der Waals surface area contributed by atoms with Gasteiger partial charge in [-0.3, -0.25) is 0 Å². The Balaban J connectivity index is 1.70. The zero-order chi connectivity index (χ0) is 18.7. The van der Waals surface area contributed by atoms with Crippen molar-refractivity contribution in [3.63, 3.8) is 0 Å². The van der Waals surface area contributed by atoms with Crippen molar-refractivity contribution in [2.24, 2.45) is 17.3 Å². The maximum absolute atomic E-state index is 14.4. The second kappa shape index (κ2) is 7.53. The van der Waals surface area contributed by atoms with Gasteiger partial charge in [0.15, 0.2) is 18.3 Å². The summed E-state index contributed by atoms with van der Waals surface area (Å²) in [6.45, 7) is 3.98. The molecular weight excluding hydrogens is 339 g/mol. The molecule has 3 atom stereocenters. The molecular formula is C19H23FN2O4. The lowest BCUT2D eigenvalue weighted by Crippen LogP contribution is -2.27. The summed E-state index contributed by atoms with van der Waals surface area (Å²) in [6, 6.07) is 0. The third-order valence-corrected chi connectivity index (χ3v) is 5.11. The lowest BCUT2D eigenvalue weighted by atomic mass is 9.82. The molecule has 1 saturated carbocycles. The van der Waals surface area contributed by atoms with Crippen molar-refractivity contribution in [3.8, 4) is 5.75 Å². The summed E-state index contributed by atoms with van der Waals surface area (Å²) < 4.78 is 30.3. The van der Waals surface area contributed by atoms with Crippen LogP contribution in [0.4, 0.5) is 4.39 Å². The molecule has 1 aromatic heterocycles. The zero-order valence-electron chi connectivity index (χ0n) is 15.2. The van der Waals surface area contributed by atoms with Crippen molar-refractivity contribution in [2.75, 3.05) is 20.5 Å². The fourth-order valence-corrected chi connectivity index (χ4v) is 3.46. The molecule has 0 saturated heterocycles. The van der Waals surface area contributed by atoms with E-state index in [0.29, 0.717) is 24.6 Å². The first kappa shape index (κ1) is 18.5. The van der Waals surface area contributed by atoms with Crippen molar-refractivity contribution in [1.82, 2.24) is 9.97 Å². The summed E-state index contributed by atoms with van der Waals surface area (Å²) in [6.07, 6.45) is 6.96. The molecule has 0 amide bonds. The molecule has 0 radical (unpaired) electrons. The molecule has 7 heteroatoms. The van der Waals surface area contributed by atoms with Crippen LogP contribution in [0.25, 0.3) is 0 Å². The Morgan fingerprint density at radius 1 is 1.38 bits per heavy atom. The third kappa shape index (κ3) is 3.62. The van der Waals surface area contributed by atoms with E-state index in [4.69, 9.17) is 14.2 Å². The normalized spacial score (nSPS) is 27.4. The molecule has 1 fully saturated rings. The number of carbonyl (C=O) groups excluding carboxylic acids is 1. The highest BCUT2D eigenvalue weighted by molar-refractivity contribution is 5.61. The summed E-state index contributed by atoms with van der Waals surface area (Å²) in [5, 5.41) is 0. The van der Waals surface area contributed by atoms with Gasteiger partial charge in [-0.05, 0) is 32.3 Å². The number of halogens is 1. The lowest BCUT2D eigenvalue weighted by molar-refractivity contribution is -0.110. The number of methoxy groups -OCH3 is 1. The first-order valence-electron chi connectivity index (χ1n) is 8.57. The summed E-state index contributed by atoms with van der Waals surface area (Å²) in [4.78, 5) is 19.8. The van der Waals surface area contributed by atoms with Crippen molar-refractivity contribution in [2.45, 2.75) is 26.7 Å². The Hall–Kier alpha value is -2.28. The molecule has 0 bridgehead atoms. The number of aryl methyl sites for hydroxylation is 2. The van der Waals surface area contributed by atoms with Crippen LogP contribution in [-0.4, -0.2) is 36.8 Å². The molecule has 140 valence electrons. The van der Waals surface area contributed by atoms with Gasteiger partial charge in [0.1, 0.15) is 17.9 Å². The Kier molecular flexibility index (Phi) is 5.36. The number of carbonyl (C=O) groups is 1. The van der Waals surface area contributed by atoms with Crippen molar-refractivity contribution >= 4 is 6.29 Å². The van der Waals surface area contributed by atoms with E-state index in [1.807, 2.05) is 19.9 Å². The van der Waals surface area contributed by atoms with Gasteiger partial charge in [-0.2, -0.15) is 0 Å². The first-order chi connectivity index (χ1) is 12.5. The topological polar surface area (TPSA) is 70.5 Å². The highest BCUT2D eigenvalue weighted by Crippen LogP contribution is 2.59. The van der Waals surface area contributed by atoms with Crippen LogP contribution in [0.5, 0.6) is 5.75 Å². The van der Waals surface area contributed by atoms with Crippen LogP contribution in [-0.2, 0) is 14.3 Å².